The van der Waals surface area contributed by atoms with Gasteiger partial charge >= 0.3 is 18.0 Å². The Morgan fingerprint density at radius 1 is 1.07 bits per heavy atom. The van der Waals surface area contributed by atoms with Crippen molar-refractivity contribution in [2.75, 3.05) is 19.4 Å². The number of nitrogens with zero attached hydrogens (tertiary/aromatic N) is 2. The van der Waals surface area contributed by atoms with E-state index >= 15 is 0 Å². The van der Waals surface area contributed by atoms with E-state index in [4.69, 9.17) is 18.9 Å². The summed E-state index contributed by atoms with van der Waals surface area (Å²) in [6, 6.07) is 11.9. The van der Waals surface area contributed by atoms with E-state index in [1.165, 1.54) is 35.4 Å². The third-order valence-corrected chi connectivity index (χ3v) is 8.57. The molecule has 2 aromatic rings. The molecule has 2 heterocycles. The number of esters is 2. The summed E-state index contributed by atoms with van der Waals surface area (Å²) in [7, 11) is 0. The van der Waals surface area contributed by atoms with E-state index in [9.17, 15) is 33.8 Å². The lowest BCUT2D eigenvalue weighted by molar-refractivity contribution is -0.384. The summed E-state index contributed by atoms with van der Waals surface area (Å²) in [5, 5.41) is 12.8. The summed E-state index contributed by atoms with van der Waals surface area (Å²) < 4.78 is 33.4. The summed E-state index contributed by atoms with van der Waals surface area (Å²) in [6.07, 6.45) is 0.923. The van der Waals surface area contributed by atoms with Crippen LogP contribution in [-0.2, 0) is 46.4 Å². The summed E-state index contributed by atoms with van der Waals surface area (Å²) in [6.45, 7) is 4.33. The van der Waals surface area contributed by atoms with Crippen molar-refractivity contribution in [3.8, 4) is 5.75 Å². The first-order chi connectivity index (χ1) is 21.2. The van der Waals surface area contributed by atoms with E-state index in [1.807, 2.05) is 0 Å². The van der Waals surface area contributed by atoms with E-state index in [-0.39, 0.29) is 36.1 Å². The van der Waals surface area contributed by atoms with Crippen LogP contribution < -0.4 is 10.1 Å². The number of β-lactam (4-membered cyclic amide) rings is 1. The van der Waals surface area contributed by atoms with Crippen LogP contribution in [0.4, 0.5) is 10.5 Å². The molecule has 0 bridgehead atoms. The molecule has 14 nitrogen and oxygen atoms in total. The molecule has 2 aromatic carbocycles. The number of thioether (sulfide) groups is 1. The van der Waals surface area contributed by atoms with Gasteiger partial charge in [0.2, 0.25) is 5.91 Å². The van der Waals surface area contributed by atoms with Crippen LogP contribution in [0.3, 0.4) is 0 Å². The highest BCUT2D eigenvalue weighted by atomic mass is 32.2. The van der Waals surface area contributed by atoms with Crippen molar-refractivity contribution in [1.29, 1.82) is 0 Å². The van der Waals surface area contributed by atoms with Gasteiger partial charge in [-0.05, 0) is 80.3 Å². The van der Waals surface area contributed by atoms with Gasteiger partial charge < -0.3 is 28.8 Å². The molecule has 2 aliphatic rings. The second-order valence-corrected chi connectivity index (χ2v) is 13.3. The van der Waals surface area contributed by atoms with Crippen LogP contribution in [0.5, 0.6) is 5.75 Å². The SMILES string of the molecule is C[S+]([O-])c1ccc(OC2=C(C(=O)OCc3ccc([N+](=O)[O-])cc3)N3C(=O)[C@H](CCOC(=O)CNC(=O)OC(C)(C)C)[C@H]3S2)cc1. The van der Waals surface area contributed by atoms with Gasteiger partial charge in [0.05, 0.1) is 17.4 Å². The topological polar surface area (TPSA) is 187 Å². The minimum atomic E-state index is -1.21. The van der Waals surface area contributed by atoms with Crippen molar-refractivity contribution in [3.63, 3.8) is 0 Å². The summed E-state index contributed by atoms with van der Waals surface area (Å²) in [5.41, 5.74) is -0.443. The Balaban J connectivity index is 1.39. The van der Waals surface area contributed by atoms with Crippen molar-refractivity contribution >= 4 is 52.6 Å². The van der Waals surface area contributed by atoms with Crippen molar-refractivity contribution in [1.82, 2.24) is 10.2 Å². The quantitative estimate of drug-likeness (QED) is 0.0871. The molecule has 240 valence electrons. The molecule has 0 aliphatic carbocycles. The number of hydrogen-bond acceptors (Lipinski definition) is 12. The fourth-order valence-corrected chi connectivity index (χ4v) is 6.13. The normalized spacial score (nSPS) is 18.0. The van der Waals surface area contributed by atoms with Gasteiger partial charge in [-0.3, -0.25) is 24.6 Å². The molecular weight excluding hydrogens is 630 g/mol. The average molecular weight is 662 g/mol. The van der Waals surface area contributed by atoms with Crippen LogP contribution >= 0.6 is 11.8 Å². The minimum absolute atomic E-state index is 0.102. The van der Waals surface area contributed by atoms with Gasteiger partial charge in [0.25, 0.3) is 5.69 Å². The lowest BCUT2D eigenvalue weighted by Gasteiger charge is -2.41. The smallest absolute Gasteiger partial charge is 0.408 e. The number of ether oxygens (including phenoxy) is 4. The molecule has 16 heteroatoms. The zero-order valence-corrected chi connectivity index (χ0v) is 26.4. The third-order valence-electron chi connectivity index (χ3n) is 6.36. The number of hydrogen-bond donors (Lipinski definition) is 1. The van der Waals surface area contributed by atoms with Gasteiger partial charge in [0.1, 0.15) is 36.1 Å². The Hall–Kier alpha value is -4.28. The second kappa shape index (κ2) is 14.2. The molecule has 1 unspecified atom stereocenters. The Labute approximate surface area is 265 Å². The van der Waals surface area contributed by atoms with Crippen LogP contribution in [-0.4, -0.2) is 68.7 Å². The number of benzene rings is 2. The predicted octanol–water partition coefficient (Wildman–Crippen LogP) is 3.61. The van der Waals surface area contributed by atoms with Crippen LogP contribution in [0.2, 0.25) is 0 Å². The number of carbonyl (C=O) groups excluding carboxylic acids is 4. The van der Waals surface area contributed by atoms with Gasteiger partial charge in [-0.15, -0.1) is 0 Å². The molecule has 2 amide bonds. The molecule has 0 spiro atoms. The highest BCUT2D eigenvalue weighted by Crippen LogP contribution is 2.51. The Bertz CT molecular complexity index is 1490. The number of nitrogens with one attached hydrogen (secondary N) is 1. The first kappa shape index (κ1) is 33.6. The number of carbonyl (C=O) groups is 4. The molecule has 2 aliphatic heterocycles. The van der Waals surface area contributed by atoms with E-state index in [0.29, 0.717) is 16.2 Å². The minimum Gasteiger partial charge on any atom is -0.612 e. The van der Waals surface area contributed by atoms with Crippen LogP contribution in [0.25, 0.3) is 0 Å². The number of amides is 2. The highest BCUT2D eigenvalue weighted by molar-refractivity contribution is 8.03. The second-order valence-electron chi connectivity index (χ2n) is 10.9. The average Bonchev–Trinajstić information content (AvgIpc) is 3.31. The van der Waals surface area contributed by atoms with Gasteiger partial charge in [0, 0.05) is 12.1 Å². The lowest BCUT2D eigenvalue weighted by Crippen LogP contribution is -2.57. The number of non-ortho nitro benzene ring substituents is 1. The van der Waals surface area contributed by atoms with Gasteiger partial charge in [-0.1, -0.05) is 11.8 Å². The largest absolute Gasteiger partial charge is 0.612 e. The zero-order valence-electron chi connectivity index (χ0n) is 24.8. The highest BCUT2D eigenvalue weighted by Gasteiger charge is 2.57. The zero-order chi connectivity index (χ0) is 32.9. The molecule has 1 N–H and O–H groups in total. The van der Waals surface area contributed by atoms with Crippen molar-refractivity contribution < 1.29 is 47.6 Å². The van der Waals surface area contributed by atoms with Gasteiger partial charge in [-0.2, -0.15) is 0 Å². The summed E-state index contributed by atoms with van der Waals surface area (Å²) in [5.74, 6) is -2.21. The number of rotatable bonds is 12. The van der Waals surface area contributed by atoms with E-state index in [0.717, 1.165) is 11.8 Å². The molecule has 4 rings (SSSR count). The molecule has 1 fully saturated rings. The molecular formula is C29H31N3O11S2. The molecule has 3 atom stereocenters. The Morgan fingerprint density at radius 3 is 2.33 bits per heavy atom. The van der Waals surface area contributed by atoms with E-state index < -0.39 is 63.5 Å². The number of fused-ring (bicyclic) bond motifs is 1. The maximum Gasteiger partial charge on any atom is 0.408 e. The first-order valence-corrected chi connectivity index (χ1v) is 16.1. The summed E-state index contributed by atoms with van der Waals surface area (Å²) in [4.78, 5) is 62.5. The van der Waals surface area contributed by atoms with Crippen molar-refractivity contribution in [3.05, 3.63) is 75.0 Å². The first-order valence-electron chi connectivity index (χ1n) is 13.6. The van der Waals surface area contributed by atoms with Crippen molar-refractivity contribution in [2.24, 2.45) is 5.92 Å². The lowest BCUT2D eigenvalue weighted by atomic mass is 9.94. The monoisotopic (exact) mass is 661 g/mol. The maximum atomic E-state index is 13.3. The Morgan fingerprint density at radius 2 is 1.73 bits per heavy atom. The van der Waals surface area contributed by atoms with E-state index in [1.54, 1.807) is 45.0 Å². The number of alkyl carbamates (subject to hydrolysis) is 1. The fraction of sp³-hybridized carbons (Fsp3) is 0.379. The van der Waals surface area contributed by atoms with Crippen molar-refractivity contribution in [2.45, 2.75) is 49.7 Å². The van der Waals surface area contributed by atoms with Gasteiger partial charge in [0.15, 0.2) is 15.7 Å². The van der Waals surface area contributed by atoms with Crippen LogP contribution in [0.15, 0.2) is 64.2 Å². The predicted molar refractivity (Wildman–Crippen MR) is 161 cm³/mol. The standard InChI is InChI=1S/C29H31N3O11S2/c1-29(2,3)43-28(36)30-15-22(33)40-14-13-21-24(34)31-23(26(35)41-16-17-5-7-18(8-6-17)32(37)38)27(44-25(21)31)42-19-9-11-20(12-10-19)45(4)39/h5-12,21,25H,13-16H2,1-4H3,(H,30,36)/t21-,25+,45?/m0/s1. The fourth-order valence-electron chi connectivity index (χ4n) is 4.23. The number of nitro benzene ring substituents is 1. The van der Waals surface area contributed by atoms with E-state index in [2.05, 4.69) is 5.32 Å². The Kier molecular flexibility index (Phi) is 10.6. The number of nitro groups is 1. The molecule has 45 heavy (non-hydrogen) atoms. The molecule has 0 radical (unpaired) electrons. The molecule has 0 aromatic heterocycles. The molecule has 0 saturated carbocycles. The van der Waals surface area contributed by atoms with Gasteiger partial charge in [-0.25, -0.2) is 9.59 Å². The van der Waals surface area contributed by atoms with Crippen LogP contribution in [0.1, 0.15) is 32.8 Å². The maximum absolute atomic E-state index is 13.3. The summed E-state index contributed by atoms with van der Waals surface area (Å²) >= 11 is -0.0747. The molecule has 1 saturated heterocycles. The third kappa shape index (κ3) is 8.67. The van der Waals surface area contributed by atoms with Crippen LogP contribution in [0, 0.1) is 16.0 Å².